The quantitative estimate of drug-likeness (QED) is 0.586. The van der Waals surface area contributed by atoms with Crippen LogP contribution in [0.3, 0.4) is 0 Å². The standard InChI is InChI=1S/C22H23NO4S/c1-4-26-18-7-5-17(6-8-18)23-21(24)13-28-12-16-11-22(25)27-20-10-15(3)14(2)9-19(16)20/h5-11H,4,12-13H2,1-3H3,(H,23,24). The highest BCUT2D eigenvalue weighted by atomic mass is 32.2. The molecular weight excluding hydrogens is 374 g/mol. The first-order chi connectivity index (χ1) is 13.5. The number of carbonyl (C=O) groups is 1. The second-order valence-electron chi connectivity index (χ2n) is 6.52. The van der Waals surface area contributed by atoms with Gasteiger partial charge in [-0.15, -0.1) is 11.8 Å². The van der Waals surface area contributed by atoms with Gasteiger partial charge in [0, 0.05) is 22.9 Å². The minimum Gasteiger partial charge on any atom is -0.494 e. The molecule has 1 amide bonds. The van der Waals surface area contributed by atoms with E-state index in [9.17, 15) is 9.59 Å². The van der Waals surface area contributed by atoms with Crippen molar-refractivity contribution in [2.45, 2.75) is 26.5 Å². The average molecular weight is 397 g/mol. The zero-order chi connectivity index (χ0) is 20.1. The van der Waals surface area contributed by atoms with Gasteiger partial charge in [0.25, 0.3) is 0 Å². The summed E-state index contributed by atoms with van der Waals surface area (Å²) in [6, 6.07) is 12.7. The number of benzene rings is 2. The summed E-state index contributed by atoms with van der Waals surface area (Å²) < 4.78 is 10.7. The molecule has 5 nitrogen and oxygen atoms in total. The summed E-state index contributed by atoms with van der Waals surface area (Å²) in [5.41, 5.74) is 4.05. The summed E-state index contributed by atoms with van der Waals surface area (Å²) in [4.78, 5) is 24.0. The Bertz CT molecular complexity index is 1040. The number of amides is 1. The highest BCUT2D eigenvalue weighted by Crippen LogP contribution is 2.24. The summed E-state index contributed by atoms with van der Waals surface area (Å²) in [5.74, 6) is 1.53. The minimum absolute atomic E-state index is 0.0894. The maximum absolute atomic E-state index is 12.2. The summed E-state index contributed by atoms with van der Waals surface area (Å²) in [6.45, 7) is 6.55. The van der Waals surface area contributed by atoms with Crippen LogP contribution in [0.15, 0.2) is 51.7 Å². The molecule has 28 heavy (non-hydrogen) atoms. The van der Waals surface area contributed by atoms with Crippen molar-refractivity contribution < 1.29 is 13.9 Å². The van der Waals surface area contributed by atoms with Crippen LogP contribution in [0, 0.1) is 13.8 Å². The largest absolute Gasteiger partial charge is 0.494 e. The Hall–Kier alpha value is -2.73. The maximum atomic E-state index is 12.2. The first-order valence-electron chi connectivity index (χ1n) is 9.10. The van der Waals surface area contributed by atoms with Gasteiger partial charge >= 0.3 is 5.63 Å². The van der Waals surface area contributed by atoms with E-state index >= 15 is 0 Å². The number of carbonyl (C=O) groups excluding carboxylic acids is 1. The Morgan fingerprint density at radius 2 is 1.82 bits per heavy atom. The SMILES string of the molecule is CCOc1ccc(NC(=O)CSCc2cc(=O)oc3cc(C)c(C)cc23)cc1. The fraction of sp³-hybridized carbons (Fsp3) is 0.273. The predicted octanol–water partition coefficient (Wildman–Crippen LogP) is 4.68. The number of thioether (sulfide) groups is 1. The molecule has 1 heterocycles. The molecule has 0 aliphatic rings. The van der Waals surface area contributed by atoms with Crippen molar-refractivity contribution in [3.8, 4) is 5.75 Å². The molecule has 0 radical (unpaired) electrons. The van der Waals surface area contributed by atoms with Gasteiger partial charge in [-0.05, 0) is 73.9 Å². The van der Waals surface area contributed by atoms with E-state index in [1.54, 1.807) is 0 Å². The third kappa shape index (κ3) is 4.95. The number of hydrogen-bond donors (Lipinski definition) is 1. The molecule has 2 aromatic carbocycles. The molecule has 0 aliphatic heterocycles. The van der Waals surface area contributed by atoms with E-state index in [1.165, 1.54) is 17.8 Å². The van der Waals surface area contributed by atoms with Crippen molar-refractivity contribution in [2.75, 3.05) is 17.7 Å². The molecule has 146 valence electrons. The van der Waals surface area contributed by atoms with Gasteiger partial charge in [-0.1, -0.05) is 0 Å². The molecule has 0 atom stereocenters. The molecule has 3 aromatic rings. The maximum Gasteiger partial charge on any atom is 0.336 e. The van der Waals surface area contributed by atoms with Gasteiger partial charge in [0.2, 0.25) is 5.91 Å². The van der Waals surface area contributed by atoms with Crippen molar-refractivity contribution in [1.29, 1.82) is 0 Å². The second-order valence-corrected chi connectivity index (χ2v) is 7.51. The number of hydrogen-bond acceptors (Lipinski definition) is 5. The highest BCUT2D eigenvalue weighted by Gasteiger charge is 2.09. The second kappa shape index (κ2) is 8.97. The molecule has 1 aromatic heterocycles. The van der Waals surface area contributed by atoms with Gasteiger partial charge in [-0.3, -0.25) is 4.79 Å². The molecule has 0 aliphatic carbocycles. The fourth-order valence-electron chi connectivity index (χ4n) is 2.85. The molecule has 0 saturated heterocycles. The third-order valence-electron chi connectivity index (χ3n) is 4.38. The van der Waals surface area contributed by atoms with Crippen LogP contribution in [-0.2, 0) is 10.5 Å². The van der Waals surface area contributed by atoms with Gasteiger partial charge in [0.15, 0.2) is 0 Å². The Morgan fingerprint density at radius 3 is 2.54 bits per heavy atom. The van der Waals surface area contributed by atoms with Gasteiger partial charge in [0.05, 0.1) is 12.4 Å². The molecular formula is C22H23NO4S. The summed E-state index contributed by atoms with van der Waals surface area (Å²) in [6.07, 6.45) is 0. The summed E-state index contributed by atoms with van der Waals surface area (Å²) in [7, 11) is 0. The van der Waals surface area contributed by atoms with Crippen molar-refractivity contribution in [1.82, 2.24) is 0 Å². The number of ether oxygens (including phenoxy) is 1. The molecule has 0 unspecified atom stereocenters. The lowest BCUT2D eigenvalue weighted by atomic mass is 10.0. The Kier molecular flexibility index (Phi) is 6.41. The van der Waals surface area contributed by atoms with Crippen LogP contribution in [0.5, 0.6) is 5.75 Å². The van der Waals surface area contributed by atoms with Crippen LogP contribution in [0.4, 0.5) is 5.69 Å². The molecule has 6 heteroatoms. The van der Waals surface area contributed by atoms with E-state index in [0.717, 1.165) is 33.5 Å². The van der Waals surface area contributed by atoms with E-state index in [2.05, 4.69) is 5.32 Å². The molecule has 0 saturated carbocycles. The Labute approximate surface area is 168 Å². The fourth-order valence-corrected chi connectivity index (χ4v) is 3.67. The normalized spacial score (nSPS) is 10.8. The monoisotopic (exact) mass is 397 g/mol. The number of fused-ring (bicyclic) bond motifs is 1. The van der Waals surface area contributed by atoms with Gasteiger partial charge in [-0.2, -0.15) is 0 Å². The van der Waals surface area contributed by atoms with Crippen LogP contribution >= 0.6 is 11.8 Å². The molecule has 3 rings (SSSR count). The summed E-state index contributed by atoms with van der Waals surface area (Å²) >= 11 is 1.46. The minimum atomic E-state index is -0.370. The predicted molar refractivity (Wildman–Crippen MR) is 114 cm³/mol. The van der Waals surface area contributed by atoms with Crippen molar-refractivity contribution in [3.05, 3.63) is 69.6 Å². The Morgan fingerprint density at radius 1 is 1.11 bits per heavy atom. The highest BCUT2D eigenvalue weighted by molar-refractivity contribution is 7.99. The van der Waals surface area contributed by atoms with Gasteiger partial charge in [-0.25, -0.2) is 4.79 Å². The van der Waals surface area contributed by atoms with E-state index in [4.69, 9.17) is 9.15 Å². The zero-order valence-electron chi connectivity index (χ0n) is 16.2. The topological polar surface area (TPSA) is 68.5 Å². The van der Waals surface area contributed by atoms with Crippen molar-refractivity contribution in [2.24, 2.45) is 0 Å². The molecule has 0 bridgehead atoms. The third-order valence-corrected chi connectivity index (χ3v) is 5.37. The van der Waals surface area contributed by atoms with E-state index < -0.39 is 0 Å². The van der Waals surface area contributed by atoms with Crippen LogP contribution < -0.4 is 15.7 Å². The number of nitrogens with one attached hydrogen (secondary N) is 1. The molecule has 0 fully saturated rings. The zero-order valence-corrected chi connectivity index (χ0v) is 17.0. The smallest absolute Gasteiger partial charge is 0.336 e. The van der Waals surface area contributed by atoms with E-state index in [-0.39, 0.29) is 11.5 Å². The van der Waals surface area contributed by atoms with Crippen LogP contribution in [-0.4, -0.2) is 18.3 Å². The van der Waals surface area contributed by atoms with E-state index in [1.807, 2.05) is 57.2 Å². The first kappa shape index (κ1) is 20.0. The number of rotatable bonds is 7. The van der Waals surface area contributed by atoms with Crippen molar-refractivity contribution >= 4 is 34.3 Å². The van der Waals surface area contributed by atoms with E-state index in [0.29, 0.717) is 23.7 Å². The van der Waals surface area contributed by atoms with Gasteiger partial charge in [0.1, 0.15) is 11.3 Å². The lowest BCUT2D eigenvalue weighted by Crippen LogP contribution is -2.14. The average Bonchev–Trinajstić information content (AvgIpc) is 2.65. The van der Waals surface area contributed by atoms with Crippen LogP contribution in [0.2, 0.25) is 0 Å². The van der Waals surface area contributed by atoms with Gasteiger partial charge < -0.3 is 14.5 Å². The number of anilines is 1. The number of aryl methyl sites for hydroxylation is 2. The lowest BCUT2D eigenvalue weighted by Gasteiger charge is -2.09. The van der Waals surface area contributed by atoms with Crippen LogP contribution in [0.25, 0.3) is 11.0 Å². The van der Waals surface area contributed by atoms with Crippen molar-refractivity contribution in [3.63, 3.8) is 0 Å². The lowest BCUT2D eigenvalue weighted by molar-refractivity contribution is -0.113. The summed E-state index contributed by atoms with van der Waals surface area (Å²) in [5, 5.41) is 3.79. The first-order valence-corrected chi connectivity index (χ1v) is 10.3. The molecule has 1 N–H and O–H groups in total. The Balaban J connectivity index is 1.62. The van der Waals surface area contributed by atoms with Crippen LogP contribution in [0.1, 0.15) is 23.6 Å². The molecule has 0 spiro atoms.